The second kappa shape index (κ2) is 6.11. The quantitative estimate of drug-likeness (QED) is 0.893. The second-order valence-electron chi connectivity index (χ2n) is 5.43. The van der Waals surface area contributed by atoms with Gasteiger partial charge in [-0.2, -0.15) is 0 Å². The van der Waals surface area contributed by atoms with Crippen molar-refractivity contribution in [2.24, 2.45) is 0 Å². The van der Waals surface area contributed by atoms with E-state index < -0.39 is 5.97 Å². The topological polar surface area (TPSA) is 73.7 Å². The minimum atomic E-state index is -0.956. The number of hydrogen-bond donors (Lipinski definition) is 1. The van der Waals surface area contributed by atoms with Gasteiger partial charge in [0.05, 0.1) is 0 Å². The molecule has 1 amide bonds. The lowest BCUT2D eigenvalue weighted by Crippen LogP contribution is -2.34. The number of aromatic carboxylic acids is 1. The van der Waals surface area contributed by atoms with Crippen molar-refractivity contribution in [2.45, 2.75) is 27.2 Å². The summed E-state index contributed by atoms with van der Waals surface area (Å²) in [5.41, 5.74) is 1.79. The van der Waals surface area contributed by atoms with Crippen LogP contribution in [0.5, 0.6) is 0 Å². The van der Waals surface area contributed by atoms with E-state index in [2.05, 4.69) is 4.98 Å². The molecule has 1 fully saturated rings. The van der Waals surface area contributed by atoms with E-state index in [0.29, 0.717) is 32.0 Å². The van der Waals surface area contributed by atoms with Crippen LogP contribution in [0, 0.1) is 13.8 Å². The summed E-state index contributed by atoms with van der Waals surface area (Å²) in [7, 11) is 0. The molecule has 1 aliphatic heterocycles. The molecule has 1 N–H and O–H groups in total. The van der Waals surface area contributed by atoms with E-state index in [4.69, 9.17) is 0 Å². The zero-order valence-corrected chi connectivity index (χ0v) is 12.7. The molecule has 0 saturated carbocycles. The lowest BCUT2D eigenvalue weighted by atomic mass is 10.1. The fourth-order valence-corrected chi connectivity index (χ4v) is 2.75. The van der Waals surface area contributed by atoms with E-state index in [9.17, 15) is 14.7 Å². The lowest BCUT2D eigenvalue weighted by molar-refractivity contribution is -0.128. The normalized spacial score (nSPS) is 15.8. The molecule has 2 rings (SSSR count). The number of carbonyl (C=O) groups excluding carboxylic acids is 1. The van der Waals surface area contributed by atoms with Gasteiger partial charge in [0.2, 0.25) is 5.91 Å². The summed E-state index contributed by atoms with van der Waals surface area (Å²) in [6, 6.07) is 1.78. The number of amides is 1. The number of nitrogens with zero attached hydrogens (tertiary/aromatic N) is 3. The predicted octanol–water partition coefficient (Wildman–Crippen LogP) is 1.46. The van der Waals surface area contributed by atoms with Crippen molar-refractivity contribution in [3.63, 3.8) is 0 Å². The molecule has 0 atom stereocenters. The Morgan fingerprint density at radius 3 is 2.52 bits per heavy atom. The Hall–Kier alpha value is -2.11. The molecular formula is C15H21N3O3. The number of aryl methyl sites for hydroxylation is 2. The number of anilines is 1. The number of hydrogen-bond acceptors (Lipinski definition) is 4. The van der Waals surface area contributed by atoms with Crippen molar-refractivity contribution in [3.8, 4) is 0 Å². The SMILES string of the molecule is CC(=O)N1CCCN(c2nc(C)cc(C)c2C(=O)O)CC1. The maximum atomic E-state index is 11.5. The van der Waals surface area contributed by atoms with Gasteiger partial charge in [-0.3, -0.25) is 4.79 Å². The predicted molar refractivity (Wildman–Crippen MR) is 79.8 cm³/mol. The first kappa shape index (κ1) is 15.3. The van der Waals surface area contributed by atoms with Crippen molar-refractivity contribution < 1.29 is 14.7 Å². The monoisotopic (exact) mass is 291 g/mol. The van der Waals surface area contributed by atoms with Gasteiger partial charge in [-0.05, 0) is 31.9 Å². The Kier molecular flexibility index (Phi) is 4.45. The molecule has 0 spiro atoms. The molecule has 1 aromatic rings. The highest BCUT2D eigenvalue weighted by Gasteiger charge is 2.23. The van der Waals surface area contributed by atoms with Gasteiger partial charge in [0.25, 0.3) is 0 Å². The minimum Gasteiger partial charge on any atom is -0.478 e. The largest absolute Gasteiger partial charge is 0.478 e. The Morgan fingerprint density at radius 1 is 1.19 bits per heavy atom. The summed E-state index contributed by atoms with van der Waals surface area (Å²) in [6.07, 6.45) is 0.813. The van der Waals surface area contributed by atoms with Crippen molar-refractivity contribution in [2.75, 3.05) is 31.1 Å². The summed E-state index contributed by atoms with van der Waals surface area (Å²) in [4.78, 5) is 31.2. The molecule has 0 aliphatic carbocycles. The fourth-order valence-electron chi connectivity index (χ4n) is 2.75. The highest BCUT2D eigenvalue weighted by molar-refractivity contribution is 5.95. The van der Waals surface area contributed by atoms with Gasteiger partial charge in [-0.25, -0.2) is 9.78 Å². The van der Waals surface area contributed by atoms with Crippen LogP contribution in [0.2, 0.25) is 0 Å². The summed E-state index contributed by atoms with van der Waals surface area (Å²) >= 11 is 0. The van der Waals surface area contributed by atoms with Crippen molar-refractivity contribution in [1.82, 2.24) is 9.88 Å². The Balaban J connectivity index is 2.33. The van der Waals surface area contributed by atoms with Crippen molar-refractivity contribution in [3.05, 3.63) is 22.9 Å². The first-order valence-electron chi connectivity index (χ1n) is 7.12. The average Bonchev–Trinajstić information content (AvgIpc) is 2.62. The van der Waals surface area contributed by atoms with E-state index in [-0.39, 0.29) is 11.5 Å². The molecule has 1 saturated heterocycles. The lowest BCUT2D eigenvalue weighted by Gasteiger charge is -2.24. The molecule has 2 heterocycles. The minimum absolute atomic E-state index is 0.0590. The molecule has 0 unspecified atom stereocenters. The van der Waals surface area contributed by atoms with Crippen LogP contribution < -0.4 is 4.90 Å². The van der Waals surface area contributed by atoms with Gasteiger partial charge in [0.15, 0.2) is 0 Å². The average molecular weight is 291 g/mol. The maximum absolute atomic E-state index is 11.5. The third kappa shape index (κ3) is 3.32. The second-order valence-corrected chi connectivity index (χ2v) is 5.43. The van der Waals surface area contributed by atoms with Gasteiger partial charge >= 0.3 is 5.97 Å². The van der Waals surface area contributed by atoms with E-state index in [1.54, 1.807) is 24.8 Å². The number of carbonyl (C=O) groups is 2. The van der Waals surface area contributed by atoms with Crippen LogP contribution in [0.4, 0.5) is 5.82 Å². The highest BCUT2D eigenvalue weighted by atomic mass is 16.4. The van der Waals surface area contributed by atoms with Crippen LogP contribution in [-0.4, -0.2) is 53.0 Å². The van der Waals surface area contributed by atoms with Crippen LogP contribution in [0.1, 0.15) is 35.0 Å². The Morgan fingerprint density at radius 2 is 1.90 bits per heavy atom. The van der Waals surface area contributed by atoms with E-state index in [1.165, 1.54) is 0 Å². The van der Waals surface area contributed by atoms with Gasteiger partial charge in [-0.1, -0.05) is 0 Å². The van der Waals surface area contributed by atoms with Crippen LogP contribution >= 0.6 is 0 Å². The van der Waals surface area contributed by atoms with Crippen molar-refractivity contribution >= 4 is 17.7 Å². The van der Waals surface area contributed by atoms with Crippen LogP contribution in [-0.2, 0) is 4.79 Å². The molecule has 114 valence electrons. The molecule has 1 aromatic heterocycles. The molecule has 0 bridgehead atoms. The van der Waals surface area contributed by atoms with Crippen LogP contribution in [0.3, 0.4) is 0 Å². The summed E-state index contributed by atoms with van der Waals surface area (Å²) in [5.74, 6) is -0.378. The van der Waals surface area contributed by atoms with E-state index >= 15 is 0 Å². The van der Waals surface area contributed by atoms with Crippen LogP contribution in [0.25, 0.3) is 0 Å². The molecule has 21 heavy (non-hydrogen) atoms. The molecule has 6 heteroatoms. The highest BCUT2D eigenvalue weighted by Crippen LogP contribution is 2.24. The first-order chi connectivity index (χ1) is 9.90. The van der Waals surface area contributed by atoms with Gasteiger partial charge in [0, 0.05) is 38.8 Å². The number of carboxylic acid groups (broad SMARTS) is 1. The van der Waals surface area contributed by atoms with Gasteiger partial charge in [0.1, 0.15) is 11.4 Å². The number of pyridine rings is 1. The summed E-state index contributed by atoms with van der Waals surface area (Å²) in [5, 5.41) is 9.45. The van der Waals surface area contributed by atoms with Crippen LogP contribution in [0.15, 0.2) is 6.07 Å². The molecule has 0 aromatic carbocycles. The van der Waals surface area contributed by atoms with E-state index in [1.807, 2.05) is 11.8 Å². The maximum Gasteiger partial charge on any atom is 0.339 e. The third-order valence-electron chi connectivity index (χ3n) is 3.78. The smallest absolute Gasteiger partial charge is 0.339 e. The molecule has 0 radical (unpaired) electrons. The van der Waals surface area contributed by atoms with Gasteiger partial charge in [-0.15, -0.1) is 0 Å². The zero-order valence-electron chi connectivity index (χ0n) is 12.7. The standard InChI is InChI=1S/C15H21N3O3/c1-10-9-11(2)16-14(13(10)15(20)21)18-6-4-5-17(7-8-18)12(3)19/h9H,4-8H2,1-3H3,(H,20,21). The van der Waals surface area contributed by atoms with Gasteiger partial charge < -0.3 is 14.9 Å². The summed E-state index contributed by atoms with van der Waals surface area (Å²) < 4.78 is 0. The molecule has 6 nitrogen and oxygen atoms in total. The first-order valence-corrected chi connectivity index (χ1v) is 7.12. The fraction of sp³-hybridized carbons (Fsp3) is 0.533. The molecular weight excluding hydrogens is 270 g/mol. The van der Waals surface area contributed by atoms with Crippen molar-refractivity contribution in [1.29, 1.82) is 0 Å². The summed E-state index contributed by atoms with van der Waals surface area (Å²) in [6.45, 7) is 7.84. The third-order valence-corrected chi connectivity index (χ3v) is 3.78. The Labute approximate surface area is 124 Å². The number of rotatable bonds is 2. The van der Waals surface area contributed by atoms with E-state index in [0.717, 1.165) is 17.7 Å². The number of aromatic nitrogens is 1. The Bertz CT molecular complexity index is 572. The zero-order chi connectivity index (χ0) is 15.6. The molecule has 1 aliphatic rings. The number of carboxylic acids is 1.